The van der Waals surface area contributed by atoms with Crippen molar-refractivity contribution in [2.75, 3.05) is 19.6 Å². The van der Waals surface area contributed by atoms with Gasteiger partial charge in [0.2, 0.25) is 5.91 Å². The van der Waals surface area contributed by atoms with Crippen molar-refractivity contribution in [1.82, 2.24) is 9.80 Å². The highest BCUT2D eigenvalue weighted by molar-refractivity contribution is 6.16. The number of halogens is 3. The van der Waals surface area contributed by atoms with Crippen LogP contribution in [-0.2, 0) is 9.59 Å². The summed E-state index contributed by atoms with van der Waals surface area (Å²) < 4.78 is 40.6. The number of aliphatic imine (C=N–C) groups is 1. The van der Waals surface area contributed by atoms with Crippen molar-refractivity contribution in [3.63, 3.8) is 0 Å². The van der Waals surface area contributed by atoms with E-state index < -0.39 is 11.9 Å². The van der Waals surface area contributed by atoms with Gasteiger partial charge < -0.3 is 9.64 Å². The Morgan fingerprint density at radius 3 is 2.03 bits per heavy atom. The molecule has 0 saturated heterocycles. The number of nitrogens with zero attached hydrogens (tertiary/aromatic N) is 3. The summed E-state index contributed by atoms with van der Waals surface area (Å²) in [6.07, 6.45) is 1.48. The van der Waals surface area contributed by atoms with Crippen LogP contribution < -0.4 is 4.74 Å². The molecule has 1 aliphatic heterocycles. The van der Waals surface area contributed by atoms with Crippen molar-refractivity contribution in [1.29, 1.82) is 0 Å². The number of likely N-dealkylation sites (N-methyl/N-ethyl adjacent to an activating group) is 1. The van der Waals surface area contributed by atoms with E-state index >= 15 is 0 Å². The van der Waals surface area contributed by atoms with Crippen molar-refractivity contribution >= 4 is 17.6 Å². The minimum atomic E-state index is -4.70. The van der Waals surface area contributed by atoms with E-state index in [0.717, 1.165) is 61.9 Å². The van der Waals surface area contributed by atoms with Gasteiger partial charge in [0.25, 0.3) is 5.91 Å². The molecule has 1 heterocycles. The standard InChI is InChI=1S/C20H17F3N2O2.C10H19NO/c1-2-25-17(24-19(11-12-19)18(25)26)15-5-3-13(4-6-15)14-7-9-16(10-8-14)27-20(21,22)23;1-3-5-8-11(4-2)10(12)9-6-7-9/h3-10H,2,11-12H2,1H3;9H,3-8H2,1-2H3. The van der Waals surface area contributed by atoms with Gasteiger partial charge in [0.15, 0.2) is 0 Å². The second-order valence-electron chi connectivity index (χ2n) is 10.2. The number of alkyl halides is 3. The normalized spacial score (nSPS) is 17.4. The third kappa shape index (κ3) is 6.99. The fourth-order valence-electron chi connectivity index (χ4n) is 4.64. The number of amidine groups is 1. The van der Waals surface area contributed by atoms with Crippen LogP contribution in [0.4, 0.5) is 13.2 Å². The van der Waals surface area contributed by atoms with Crippen molar-refractivity contribution < 1.29 is 27.5 Å². The number of carbonyl (C=O) groups is 2. The summed E-state index contributed by atoms with van der Waals surface area (Å²) in [7, 11) is 0. The zero-order chi connectivity index (χ0) is 28.2. The Bertz CT molecular complexity index is 1180. The lowest BCUT2D eigenvalue weighted by molar-refractivity contribution is -0.274. The van der Waals surface area contributed by atoms with Crippen LogP contribution in [0.1, 0.15) is 64.9 Å². The molecule has 39 heavy (non-hydrogen) atoms. The van der Waals surface area contributed by atoms with E-state index in [1.807, 2.05) is 36.1 Å². The Balaban J connectivity index is 0.000000247. The number of carbonyl (C=O) groups excluding carboxylic acids is 2. The number of unbranched alkanes of at least 4 members (excludes halogenated alkanes) is 1. The molecule has 0 unspecified atom stereocenters. The smallest absolute Gasteiger partial charge is 0.406 e. The number of hydrogen-bond acceptors (Lipinski definition) is 4. The first-order valence-electron chi connectivity index (χ1n) is 13.8. The van der Waals surface area contributed by atoms with Crippen LogP contribution in [0, 0.1) is 5.92 Å². The zero-order valence-electron chi connectivity index (χ0n) is 22.8. The summed E-state index contributed by atoms with van der Waals surface area (Å²) in [6, 6.07) is 13.2. The molecule has 2 saturated carbocycles. The lowest BCUT2D eigenvalue weighted by Crippen LogP contribution is -2.36. The Labute approximate surface area is 227 Å². The third-order valence-corrected chi connectivity index (χ3v) is 7.22. The maximum absolute atomic E-state index is 12.4. The summed E-state index contributed by atoms with van der Waals surface area (Å²) >= 11 is 0. The molecule has 1 spiro atoms. The molecule has 0 aromatic heterocycles. The summed E-state index contributed by atoms with van der Waals surface area (Å²) in [6.45, 7) is 8.57. The average Bonchev–Trinajstić information content (AvgIpc) is 3.84. The highest BCUT2D eigenvalue weighted by Gasteiger charge is 2.56. The van der Waals surface area contributed by atoms with Gasteiger partial charge in [-0.05, 0) is 69.2 Å². The predicted octanol–water partition coefficient (Wildman–Crippen LogP) is 6.44. The molecule has 6 nitrogen and oxygen atoms in total. The van der Waals surface area contributed by atoms with Gasteiger partial charge in [-0.25, -0.2) is 0 Å². The number of ether oxygens (including phenoxy) is 1. The molecule has 0 atom stereocenters. The van der Waals surface area contributed by atoms with Gasteiger partial charge >= 0.3 is 6.36 Å². The van der Waals surface area contributed by atoms with Crippen LogP contribution in [0.5, 0.6) is 5.75 Å². The fourth-order valence-corrected chi connectivity index (χ4v) is 4.64. The van der Waals surface area contributed by atoms with Gasteiger partial charge in [-0.1, -0.05) is 49.7 Å². The maximum Gasteiger partial charge on any atom is 0.573 e. The number of benzene rings is 2. The van der Waals surface area contributed by atoms with E-state index in [-0.39, 0.29) is 11.7 Å². The molecule has 0 N–H and O–H groups in total. The van der Waals surface area contributed by atoms with Crippen molar-refractivity contribution in [3.05, 3.63) is 54.1 Å². The SMILES string of the molecule is CCCCN(CC)C(=O)C1CC1.CCN1C(=O)C2(CC2)N=C1c1ccc(-c2ccc(OC(F)(F)F)cc2)cc1. The van der Waals surface area contributed by atoms with E-state index in [2.05, 4.69) is 23.6 Å². The summed E-state index contributed by atoms with van der Waals surface area (Å²) in [4.78, 5) is 32.4. The van der Waals surface area contributed by atoms with Gasteiger partial charge in [0, 0.05) is 31.1 Å². The highest BCUT2D eigenvalue weighted by Crippen LogP contribution is 2.45. The molecule has 2 aromatic carbocycles. The van der Waals surface area contributed by atoms with Gasteiger partial charge in [-0.15, -0.1) is 13.2 Å². The van der Waals surface area contributed by atoms with Crippen LogP contribution in [-0.4, -0.2) is 59.0 Å². The van der Waals surface area contributed by atoms with Gasteiger partial charge in [-0.2, -0.15) is 0 Å². The first-order chi connectivity index (χ1) is 18.6. The van der Waals surface area contributed by atoms with Crippen LogP contribution in [0.15, 0.2) is 53.5 Å². The molecule has 2 amide bonds. The van der Waals surface area contributed by atoms with E-state index in [0.29, 0.717) is 24.2 Å². The molecule has 210 valence electrons. The van der Waals surface area contributed by atoms with E-state index in [1.165, 1.54) is 18.6 Å². The van der Waals surface area contributed by atoms with Crippen molar-refractivity contribution in [2.24, 2.45) is 10.9 Å². The Morgan fingerprint density at radius 2 is 1.56 bits per heavy atom. The van der Waals surface area contributed by atoms with Crippen molar-refractivity contribution in [2.45, 2.75) is 71.2 Å². The molecule has 2 aromatic rings. The van der Waals surface area contributed by atoms with E-state index in [1.54, 1.807) is 17.0 Å². The molecule has 0 bridgehead atoms. The van der Waals surface area contributed by atoms with Crippen LogP contribution in [0.3, 0.4) is 0 Å². The van der Waals surface area contributed by atoms with Gasteiger partial charge in [0.05, 0.1) is 0 Å². The Hall–Kier alpha value is -3.36. The minimum absolute atomic E-state index is 0.0735. The zero-order valence-corrected chi connectivity index (χ0v) is 22.8. The minimum Gasteiger partial charge on any atom is -0.406 e. The topological polar surface area (TPSA) is 62.2 Å². The molecule has 2 fully saturated rings. The monoisotopic (exact) mass is 543 g/mol. The quantitative estimate of drug-likeness (QED) is 0.366. The predicted molar refractivity (Wildman–Crippen MR) is 144 cm³/mol. The van der Waals surface area contributed by atoms with Gasteiger partial charge in [0.1, 0.15) is 17.1 Å². The van der Waals surface area contributed by atoms with E-state index in [9.17, 15) is 22.8 Å². The number of rotatable bonds is 9. The lowest BCUT2D eigenvalue weighted by atomic mass is 10.0. The first kappa shape index (κ1) is 28.6. The van der Waals surface area contributed by atoms with Gasteiger partial charge in [-0.3, -0.25) is 19.5 Å². The Kier molecular flexibility index (Phi) is 8.67. The maximum atomic E-state index is 12.4. The molecule has 5 rings (SSSR count). The van der Waals surface area contributed by atoms with Crippen LogP contribution in [0.2, 0.25) is 0 Å². The average molecular weight is 544 g/mol. The summed E-state index contributed by atoms with van der Waals surface area (Å²) in [5, 5.41) is 0. The second kappa shape index (κ2) is 11.8. The van der Waals surface area contributed by atoms with E-state index in [4.69, 9.17) is 0 Å². The second-order valence-corrected chi connectivity index (χ2v) is 10.2. The number of hydrogen-bond donors (Lipinski definition) is 0. The molecule has 0 radical (unpaired) electrons. The number of amides is 2. The third-order valence-electron chi connectivity index (χ3n) is 7.22. The largest absolute Gasteiger partial charge is 0.573 e. The summed E-state index contributed by atoms with van der Waals surface area (Å²) in [5.74, 6) is 1.30. The van der Waals surface area contributed by atoms with Crippen LogP contribution >= 0.6 is 0 Å². The molecular weight excluding hydrogens is 507 g/mol. The molecule has 3 aliphatic rings. The summed E-state index contributed by atoms with van der Waals surface area (Å²) in [5.41, 5.74) is 1.95. The highest BCUT2D eigenvalue weighted by atomic mass is 19.4. The van der Waals surface area contributed by atoms with Crippen molar-refractivity contribution in [3.8, 4) is 16.9 Å². The molecule has 9 heteroatoms. The lowest BCUT2D eigenvalue weighted by Gasteiger charge is -2.20. The molecular formula is C30H36F3N3O3. The first-order valence-corrected chi connectivity index (χ1v) is 13.8. The van der Waals surface area contributed by atoms with Crippen LogP contribution in [0.25, 0.3) is 11.1 Å². The fraction of sp³-hybridized carbons (Fsp3) is 0.500. The molecule has 2 aliphatic carbocycles. The Morgan fingerprint density at radius 1 is 1.00 bits per heavy atom.